The number of carbonyl (C=O) groups excluding carboxylic acids is 1. The van der Waals surface area contributed by atoms with Crippen molar-refractivity contribution in [1.82, 2.24) is 4.90 Å². The number of aliphatic hydroxyl groups excluding tert-OH is 2. The zero-order chi connectivity index (χ0) is 23.9. The number of phenols is 1. The molecule has 0 saturated carbocycles. The number of aliphatic hydroxyl groups is 2. The Balaban J connectivity index is 1.24. The maximum atomic E-state index is 12.5. The predicted octanol–water partition coefficient (Wildman–Crippen LogP) is 3.48. The Morgan fingerprint density at radius 1 is 0.941 bits per heavy atom. The van der Waals surface area contributed by atoms with Gasteiger partial charge in [0.25, 0.3) is 0 Å². The Morgan fingerprint density at radius 2 is 1.62 bits per heavy atom. The van der Waals surface area contributed by atoms with Gasteiger partial charge in [0.15, 0.2) is 0 Å². The van der Waals surface area contributed by atoms with Crippen LogP contribution in [0.2, 0.25) is 0 Å². The number of hydrogen-bond donors (Lipinski definition) is 5. The molecule has 0 aliphatic carbocycles. The van der Waals surface area contributed by atoms with Crippen molar-refractivity contribution in [3.63, 3.8) is 0 Å². The second kappa shape index (κ2) is 11.2. The average Bonchev–Trinajstić information content (AvgIpc) is 2.86. The molecule has 3 aromatic rings. The molecule has 1 unspecified atom stereocenters. The Morgan fingerprint density at radius 3 is 2.29 bits per heavy atom. The summed E-state index contributed by atoms with van der Waals surface area (Å²) in [6, 6.07) is 22.1. The van der Waals surface area contributed by atoms with Crippen molar-refractivity contribution in [2.24, 2.45) is 0 Å². The minimum atomic E-state index is -0.700. The minimum absolute atomic E-state index is 0.0710. The summed E-state index contributed by atoms with van der Waals surface area (Å²) in [6.07, 6.45) is 1.02. The smallest absolute Gasteiger partial charge is 0.238 e. The number of piperidine rings is 1. The van der Waals surface area contributed by atoms with Gasteiger partial charge < -0.3 is 26.0 Å². The molecular formula is C27H31N3O4. The first-order chi connectivity index (χ1) is 16.5. The Labute approximate surface area is 199 Å². The third-order valence-electron chi connectivity index (χ3n) is 6.25. The van der Waals surface area contributed by atoms with Crippen LogP contribution in [0.5, 0.6) is 5.75 Å². The van der Waals surface area contributed by atoms with Gasteiger partial charge in [0.05, 0.1) is 13.2 Å². The molecule has 3 aromatic carbocycles. The summed E-state index contributed by atoms with van der Waals surface area (Å²) in [5, 5.41) is 36.3. The van der Waals surface area contributed by atoms with Gasteiger partial charge in [0.2, 0.25) is 5.91 Å². The van der Waals surface area contributed by atoms with Gasteiger partial charge in [0, 0.05) is 36.1 Å². The van der Waals surface area contributed by atoms with Gasteiger partial charge in [0.1, 0.15) is 11.9 Å². The molecule has 0 bridgehead atoms. The lowest BCUT2D eigenvalue weighted by Crippen LogP contribution is -2.42. The van der Waals surface area contributed by atoms with Crippen LogP contribution in [0.3, 0.4) is 0 Å². The maximum absolute atomic E-state index is 12.5. The van der Waals surface area contributed by atoms with E-state index in [0.717, 1.165) is 42.7 Å². The molecule has 1 aliphatic rings. The van der Waals surface area contributed by atoms with E-state index in [1.165, 1.54) is 0 Å². The highest BCUT2D eigenvalue weighted by Crippen LogP contribution is 2.27. The van der Waals surface area contributed by atoms with Crippen molar-refractivity contribution in [2.45, 2.75) is 31.6 Å². The largest absolute Gasteiger partial charge is 0.508 e. The fourth-order valence-corrected chi connectivity index (χ4v) is 4.31. The third kappa shape index (κ3) is 5.94. The number of benzene rings is 3. The van der Waals surface area contributed by atoms with Crippen LogP contribution < -0.4 is 10.6 Å². The summed E-state index contributed by atoms with van der Waals surface area (Å²) < 4.78 is 0. The molecule has 1 aliphatic heterocycles. The second-order valence-electron chi connectivity index (χ2n) is 8.64. The van der Waals surface area contributed by atoms with Crippen molar-refractivity contribution in [2.75, 3.05) is 30.3 Å². The van der Waals surface area contributed by atoms with Crippen molar-refractivity contribution < 1.29 is 20.1 Å². The minimum Gasteiger partial charge on any atom is -0.508 e. The molecule has 1 atom stereocenters. The number of amides is 1. The SMILES string of the molecule is O=C(CN1CCC(Nc2cccc(O)c2CO)CC1)Nc1ccc(C(O)c2ccccc2)cc1. The van der Waals surface area contributed by atoms with Gasteiger partial charge in [-0.15, -0.1) is 0 Å². The van der Waals surface area contributed by atoms with Crippen molar-refractivity contribution in [3.05, 3.63) is 89.5 Å². The first-order valence-corrected chi connectivity index (χ1v) is 11.6. The lowest BCUT2D eigenvalue weighted by atomic mass is 10.0. The number of anilines is 2. The van der Waals surface area contributed by atoms with Gasteiger partial charge in [-0.05, 0) is 48.2 Å². The Kier molecular flexibility index (Phi) is 7.80. The van der Waals surface area contributed by atoms with Crippen LogP contribution in [0.15, 0.2) is 72.8 Å². The lowest BCUT2D eigenvalue weighted by Gasteiger charge is -2.32. The normalized spacial score (nSPS) is 15.6. The van der Waals surface area contributed by atoms with E-state index >= 15 is 0 Å². The molecule has 7 nitrogen and oxygen atoms in total. The number of hydrogen-bond acceptors (Lipinski definition) is 6. The first kappa shape index (κ1) is 23.8. The van der Waals surface area contributed by atoms with Crippen LogP contribution >= 0.6 is 0 Å². The molecule has 1 amide bonds. The average molecular weight is 462 g/mol. The number of nitrogens with one attached hydrogen (secondary N) is 2. The summed E-state index contributed by atoms with van der Waals surface area (Å²) in [4.78, 5) is 14.7. The van der Waals surface area contributed by atoms with E-state index in [2.05, 4.69) is 15.5 Å². The molecule has 4 rings (SSSR count). The molecule has 0 spiro atoms. The second-order valence-corrected chi connectivity index (χ2v) is 8.64. The van der Waals surface area contributed by atoms with E-state index in [0.29, 0.717) is 17.8 Å². The lowest BCUT2D eigenvalue weighted by molar-refractivity contribution is -0.117. The summed E-state index contributed by atoms with van der Waals surface area (Å²) >= 11 is 0. The van der Waals surface area contributed by atoms with Crippen LogP contribution in [0.25, 0.3) is 0 Å². The maximum Gasteiger partial charge on any atom is 0.238 e. The first-order valence-electron chi connectivity index (χ1n) is 11.6. The van der Waals surface area contributed by atoms with Crippen LogP contribution in [0.1, 0.15) is 35.6 Å². The molecule has 0 radical (unpaired) electrons. The zero-order valence-electron chi connectivity index (χ0n) is 19.0. The number of carbonyl (C=O) groups is 1. The highest BCUT2D eigenvalue weighted by atomic mass is 16.3. The molecule has 1 fully saturated rings. The molecule has 1 heterocycles. The van der Waals surface area contributed by atoms with Crippen LogP contribution in [-0.4, -0.2) is 51.8 Å². The molecule has 5 N–H and O–H groups in total. The monoisotopic (exact) mass is 461 g/mol. The number of rotatable bonds is 8. The van der Waals surface area contributed by atoms with E-state index in [1.54, 1.807) is 12.1 Å². The van der Waals surface area contributed by atoms with Crippen LogP contribution in [-0.2, 0) is 11.4 Å². The summed E-state index contributed by atoms with van der Waals surface area (Å²) in [5.41, 5.74) is 3.56. The highest BCUT2D eigenvalue weighted by Gasteiger charge is 2.22. The Hall–Kier alpha value is -3.39. The summed E-state index contributed by atoms with van der Waals surface area (Å²) in [7, 11) is 0. The van der Waals surface area contributed by atoms with Crippen LogP contribution in [0.4, 0.5) is 11.4 Å². The van der Waals surface area contributed by atoms with Crippen molar-refractivity contribution >= 4 is 17.3 Å². The predicted molar refractivity (Wildman–Crippen MR) is 133 cm³/mol. The van der Waals surface area contributed by atoms with Gasteiger partial charge in [-0.1, -0.05) is 48.5 Å². The standard InChI is InChI=1S/C27H31N3O4/c31-18-23-24(7-4-8-25(23)32)28-22-13-15-30(16-14-22)17-26(33)29-21-11-9-20(10-12-21)27(34)19-5-2-1-3-6-19/h1-12,22,27-28,31-32,34H,13-18H2,(H,29,33). The molecule has 178 valence electrons. The number of aromatic hydroxyl groups is 1. The van der Waals surface area contributed by atoms with Gasteiger partial charge in [-0.25, -0.2) is 0 Å². The molecule has 0 aromatic heterocycles. The number of nitrogens with zero attached hydrogens (tertiary/aromatic N) is 1. The fraction of sp³-hybridized carbons (Fsp3) is 0.296. The zero-order valence-corrected chi connectivity index (χ0v) is 19.0. The van der Waals surface area contributed by atoms with Crippen molar-refractivity contribution in [1.29, 1.82) is 0 Å². The van der Waals surface area contributed by atoms with Crippen LogP contribution in [0, 0.1) is 0 Å². The highest BCUT2D eigenvalue weighted by molar-refractivity contribution is 5.92. The Bertz CT molecular complexity index is 1080. The van der Waals surface area contributed by atoms with Gasteiger partial charge in [-0.3, -0.25) is 9.69 Å². The molecule has 34 heavy (non-hydrogen) atoms. The quantitative estimate of drug-likeness (QED) is 0.352. The molecule has 1 saturated heterocycles. The van der Waals surface area contributed by atoms with E-state index in [-0.39, 0.29) is 24.3 Å². The molecule has 7 heteroatoms. The summed E-state index contributed by atoms with van der Waals surface area (Å²) in [5.74, 6) is 0.0162. The van der Waals surface area contributed by atoms with E-state index < -0.39 is 6.10 Å². The fourth-order valence-electron chi connectivity index (χ4n) is 4.31. The third-order valence-corrected chi connectivity index (χ3v) is 6.25. The van der Waals surface area contributed by atoms with Crippen molar-refractivity contribution in [3.8, 4) is 5.75 Å². The topological polar surface area (TPSA) is 105 Å². The van der Waals surface area contributed by atoms with Gasteiger partial charge in [-0.2, -0.15) is 0 Å². The van der Waals surface area contributed by atoms with E-state index in [4.69, 9.17) is 0 Å². The van der Waals surface area contributed by atoms with Gasteiger partial charge >= 0.3 is 0 Å². The summed E-state index contributed by atoms with van der Waals surface area (Å²) in [6.45, 7) is 1.65. The van der Waals surface area contributed by atoms with E-state index in [9.17, 15) is 20.1 Å². The van der Waals surface area contributed by atoms with E-state index in [1.807, 2.05) is 60.7 Å². The number of likely N-dealkylation sites (tertiary alicyclic amines) is 1. The molecular weight excluding hydrogens is 430 g/mol.